The first kappa shape index (κ1) is 15.6. The van der Waals surface area contributed by atoms with E-state index in [2.05, 4.69) is 10.1 Å². The maximum absolute atomic E-state index is 13.2. The van der Waals surface area contributed by atoms with Crippen LogP contribution in [-0.2, 0) is 6.54 Å². The lowest BCUT2D eigenvalue weighted by atomic mass is 10.1. The lowest BCUT2D eigenvalue weighted by Gasteiger charge is -2.28. The Morgan fingerprint density at radius 2 is 2.12 bits per heavy atom. The zero-order valence-corrected chi connectivity index (χ0v) is 13.9. The lowest BCUT2D eigenvalue weighted by molar-refractivity contribution is 0.0643. The first-order valence-corrected chi connectivity index (χ1v) is 8.61. The Hall–Kier alpha value is -2.89. The molecule has 0 bridgehead atoms. The molecule has 0 saturated heterocycles. The van der Waals surface area contributed by atoms with E-state index >= 15 is 0 Å². The van der Waals surface area contributed by atoms with E-state index in [0.717, 1.165) is 37.1 Å². The average molecular weight is 336 g/mol. The van der Waals surface area contributed by atoms with Gasteiger partial charge in [0.05, 0.1) is 18.5 Å². The van der Waals surface area contributed by atoms with E-state index in [1.54, 1.807) is 29.4 Å². The van der Waals surface area contributed by atoms with Crippen LogP contribution in [0.1, 0.15) is 41.9 Å². The highest BCUT2D eigenvalue weighted by Crippen LogP contribution is 2.26. The molecule has 0 radical (unpaired) electrons. The summed E-state index contributed by atoms with van der Waals surface area (Å²) < 4.78 is 7.19. The van der Waals surface area contributed by atoms with Gasteiger partial charge in [0.1, 0.15) is 11.5 Å². The summed E-state index contributed by atoms with van der Waals surface area (Å²) in [6.45, 7) is 0.476. The molecule has 1 saturated carbocycles. The monoisotopic (exact) mass is 336 g/mol. The second-order valence-electron chi connectivity index (χ2n) is 6.30. The van der Waals surface area contributed by atoms with Crippen LogP contribution in [0.2, 0.25) is 0 Å². The maximum atomic E-state index is 13.2. The van der Waals surface area contributed by atoms with Gasteiger partial charge in [-0.15, -0.1) is 0 Å². The van der Waals surface area contributed by atoms with Gasteiger partial charge in [-0.3, -0.25) is 9.78 Å². The molecule has 1 aliphatic carbocycles. The Morgan fingerprint density at radius 3 is 2.84 bits per heavy atom. The zero-order chi connectivity index (χ0) is 17.1. The number of furan rings is 1. The van der Waals surface area contributed by atoms with Gasteiger partial charge in [-0.2, -0.15) is 5.10 Å². The molecule has 0 aliphatic heterocycles. The van der Waals surface area contributed by atoms with Crippen molar-refractivity contribution in [3.05, 3.63) is 66.6 Å². The van der Waals surface area contributed by atoms with E-state index in [1.807, 2.05) is 35.4 Å². The van der Waals surface area contributed by atoms with Crippen LogP contribution in [0.3, 0.4) is 0 Å². The van der Waals surface area contributed by atoms with Crippen molar-refractivity contribution in [2.75, 3.05) is 0 Å². The smallest absolute Gasteiger partial charge is 0.273 e. The van der Waals surface area contributed by atoms with Crippen LogP contribution in [0.5, 0.6) is 0 Å². The highest BCUT2D eigenvalue weighted by molar-refractivity contribution is 5.93. The van der Waals surface area contributed by atoms with Crippen LogP contribution in [0.15, 0.2) is 59.6 Å². The molecular formula is C19H20N4O2. The second-order valence-corrected chi connectivity index (χ2v) is 6.30. The number of amides is 1. The minimum atomic E-state index is -0.0580. The van der Waals surface area contributed by atoms with E-state index in [0.29, 0.717) is 12.2 Å². The predicted molar refractivity (Wildman–Crippen MR) is 92.2 cm³/mol. The van der Waals surface area contributed by atoms with Crippen LogP contribution >= 0.6 is 0 Å². The number of hydrogen-bond donors (Lipinski definition) is 0. The highest BCUT2D eigenvalue weighted by atomic mass is 16.3. The van der Waals surface area contributed by atoms with Gasteiger partial charge in [0, 0.05) is 24.6 Å². The summed E-state index contributed by atoms with van der Waals surface area (Å²) in [6, 6.07) is 9.48. The molecule has 25 heavy (non-hydrogen) atoms. The molecular weight excluding hydrogens is 316 g/mol. The minimum absolute atomic E-state index is 0.0580. The number of rotatable bonds is 5. The van der Waals surface area contributed by atoms with E-state index < -0.39 is 0 Å². The van der Waals surface area contributed by atoms with E-state index in [9.17, 15) is 4.79 Å². The number of aromatic nitrogens is 3. The average Bonchev–Trinajstić information content (AvgIpc) is 3.42. The molecule has 3 aromatic heterocycles. The van der Waals surface area contributed by atoms with E-state index in [-0.39, 0.29) is 11.9 Å². The van der Waals surface area contributed by atoms with Gasteiger partial charge in [0.2, 0.25) is 0 Å². The summed E-state index contributed by atoms with van der Waals surface area (Å²) in [4.78, 5) is 19.4. The van der Waals surface area contributed by atoms with Gasteiger partial charge >= 0.3 is 0 Å². The van der Waals surface area contributed by atoms with Gasteiger partial charge in [0.25, 0.3) is 5.91 Å². The van der Waals surface area contributed by atoms with Gasteiger partial charge in [-0.25, -0.2) is 4.68 Å². The molecule has 4 rings (SSSR count). The molecule has 1 amide bonds. The standard InChI is InChI=1S/C19H20N4O2/c24-19(18-13-16(8-10-20-18)23-11-4-9-21-23)22(15-5-1-2-6-15)14-17-7-3-12-25-17/h3-4,7-13,15H,1-2,5-6,14H2. The van der Waals surface area contributed by atoms with Crippen molar-refractivity contribution in [2.24, 2.45) is 0 Å². The molecule has 1 aliphatic rings. The van der Waals surface area contributed by atoms with Gasteiger partial charge in [-0.1, -0.05) is 12.8 Å². The van der Waals surface area contributed by atoms with Crippen molar-refractivity contribution < 1.29 is 9.21 Å². The number of pyridine rings is 1. The Morgan fingerprint density at radius 1 is 1.24 bits per heavy atom. The van der Waals surface area contributed by atoms with Crippen LogP contribution in [0.4, 0.5) is 0 Å². The fourth-order valence-electron chi connectivity index (χ4n) is 3.40. The van der Waals surface area contributed by atoms with Crippen LogP contribution in [-0.4, -0.2) is 31.6 Å². The number of hydrogen-bond acceptors (Lipinski definition) is 4. The molecule has 3 aromatic rings. The molecule has 0 atom stereocenters. The molecule has 3 heterocycles. The van der Waals surface area contributed by atoms with E-state index in [1.165, 1.54) is 0 Å². The fourth-order valence-corrected chi connectivity index (χ4v) is 3.40. The third-order valence-corrected chi connectivity index (χ3v) is 4.66. The van der Waals surface area contributed by atoms with Gasteiger partial charge < -0.3 is 9.32 Å². The normalized spacial score (nSPS) is 14.7. The third kappa shape index (κ3) is 3.33. The molecule has 0 spiro atoms. The first-order valence-electron chi connectivity index (χ1n) is 8.61. The summed E-state index contributed by atoms with van der Waals surface area (Å²) in [7, 11) is 0. The summed E-state index contributed by atoms with van der Waals surface area (Å²) >= 11 is 0. The molecule has 6 heteroatoms. The molecule has 6 nitrogen and oxygen atoms in total. The molecule has 0 unspecified atom stereocenters. The number of carbonyl (C=O) groups excluding carboxylic acids is 1. The van der Waals surface area contributed by atoms with Gasteiger partial charge in [0.15, 0.2) is 0 Å². The van der Waals surface area contributed by atoms with Crippen LogP contribution in [0, 0.1) is 0 Å². The van der Waals surface area contributed by atoms with Crippen LogP contribution in [0.25, 0.3) is 5.69 Å². The third-order valence-electron chi connectivity index (χ3n) is 4.66. The summed E-state index contributed by atoms with van der Waals surface area (Å²) in [5, 5.41) is 4.22. The molecule has 1 fully saturated rings. The molecule has 0 N–H and O–H groups in total. The molecule has 0 aromatic carbocycles. The SMILES string of the molecule is O=C(c1cc(-n2cccn2)ccn1)N(Cc1ccco1)C1CCCC1. The summed E-state index contributed by atoms with van der Waals surface area (Å²) in [5.41, 5.74) is 1.26. The number of carbonyl (C=O) groups is 1. The van der Waals surface area contributed by atoms with Gasteiger partial charge in [-0.05, 0) is 43.2 Å². The Bertz CT molecular complexity index is 821. The van der Waals surface area contributed by atoms with Crippen molar-refractivity contribution in [3.8, 4) is 5.69 Å². The summed E-state index contributed by atoms with van der Waals surface area (Å²) in [6.07, 6.45) is 11.2. The maximum Gasteiger partial charge on any atom is 0.273 e. The van der Waals surface area contributed by atoms with Crippen molar-refractivity contribution in [3.63, 3.8) is 0 Å². The quantitative estimate of drug-likeness (QED) is 0.716. The van der Waals surface area contributed by atoms with Crippen LogP contribution < -0.4 is 0 Å². The Balaban J connectivity index is 1.62. The fraction of sp³-hybridized carbons (Fsp3) is 0.316. The topological polar surface area (TPSA) is 64.2 Å². The first-order chi connectivity index (χ1) is 12.3. The second kappa shape index (κ2) is 6.93. The van der Waals surface area contributed by atoms with Crippen molar-refractivity contribution in [1.82, 2.24) is 19.7 Å². The van der Waals surface area contributed by atoms with Crippen molar-refractivity contribution in [2.45, 2.75) is 38.3 Å². The highest BCUT2D eigenvalue weighted by Gasteiger charge is 2.29. The van der Waals surface area contributed by atoms with Crippen molar-refractivity contribution in [1.29, 1.82) is 0 Å². The minimum Gasteiger partial charge on any atom is -0.467 e. The lowest BCUT2D eigenvalue weighted by Crippen LogP contribution is -2.38. The largest absolute Gasteiger partial charge is 0.467 e. The van der Waals surface area contributed by atoms with Crippen molar-refractivity contribution >= 4 is 5.91 Å². The predicted octanol–water partition coefficient (Wildman–Crippen LogP) is 3.45. The van der Waals surface area contributed by atoms with E-state index in [4.69, 9.17) is 4.42 Å². The zero-order valence-electron chi connectivity index (χ0n) is 13.9. The molecule has 128 valence electrons. The Labute approximate surface area is 146 Å². The summed E-state index contributed by atoms with van der Waals surface area (Å²) in [5.74, 6) is 0.737. The Kier molecular flexibility index (Phi) is 4.33. The number of nitrogens with zero attached hydrogens (tertiary/aromatic N) is 4.